The van der Waals surface area contributed by atoms with E-state index in [1.807, 2.05) is 79.0 Å². The number of amides is 2. The van der Waals surface area contributed by atoms with E-state index in [1.165, 1.54) is 0 Å². The Balaban J connectivity index is 1.44. The summed E-state index contributed by atoms with van der Waals surface area (Å²) in [5, 5.41) is 12.1. The van der Waals surface area contributed by atoms with Gasteiger partial charge in [0.2, 0.25) is 0 Å². The van der Waals surface area contributed by atoms with Gasteiger partial charge in [0.25, 0.3) is 0 Å². The Morgan fingerprint density at radius 1 is 0.846 bits per heavy atom. The highest BCUT2D eigenvalue weighted by molar-refractivity contribution is 6.05. The highest BCUT2D eigenvalue weighted by Crippen LogP contribution is 2.23. The number of urea groups is 1. The van der Waals surface area contributed by atoms with Crippen molar-refractivity contribution < 1.29 is 4.79 Å². The maximum atomic E-state index is 12.3. The van der Waals surface area contributed by atoms with Gasteiger partial charge in [-0.3, -0.25) is 10.00 Å². The molecule has 4 rings (SSSR count). The summed E-state index contributed by atoms with van der Waals surface area (Å²) >= 11 is 0. The first-order valence-electron chi connectivity index (χ1n) is 8.41. The summed E-state index contributed by atoms with van der Waals surface area (Å²) in [6.07, 6.45) is 1.85. The van der Waals surface area contributed by atoms with Crippen molar-refractivity contribution in [1.29, 1.82) is 0 Å². The largest absolute Gasteiger partial charge is 0.324 e. The zero-order valence-corrected chi connectivity index (χ0v) is 14.1. The number of hydrogen-bond acceptors (Lipinski definition) is 2. The Hall–Kier alpha value is -3.60. The first kappa shape index (κ1) is 15.9. The van der Waals surface area contributed by atoms with Crippen molar-refractivity contribution in [3.05, 3.63) is 90.6 Å². The summed E-state index contributed by atoms with van der Waals surface area (Å²) in [5.74, 6) is 0.513. The minimum atomic E-state index is -0.314. The molecule has 2 N–H and O–H groups in total. The molecule has 26 heavy (non-hydrogen) atoms. The number of benzene rings is 3. The number of nitrogens with one attached hydrogen (secondary N) is 2. The summed E-state index contributed by atoms with van der Waals surface area (Å²) in [6, 6.07) is 25.3. The molecule has 0 saturated carbocycles. The van der Waals surface area contributed by atoms with Gasteiger partial charge in [0.15, 0.2) is 5.82 Å². The Labute approximate surface area is 151 Å². The van der Waals surface area contributed by atoms with E-state index in [9.17, 15) is 4.79 Å². The maximum absolute atomic E-state index is 12.3. The second kappa shape index (κ2) is 7.11. The van der Waals surface area contributed by atoms with Gasteiger partial charge in [0.1, 0.15) is 0 Å². The molecule has 0 aliphatic heterocycles. The molecule has 0 aliphatic rings. The fraction of sp³-hybridized carbons (Fsp3) is 0.0476. The second-order valence-corrected chi connectivity index (χ2v) is 5.99. The standard InChI is InChI=1S/C21H18N4O/c26-21(22-19-12-6-10-17-9-4-5-11-18(17)19)23-20-13-14-25(24-20)15-16-7-2-1-3-8-16/h1-14H,15H2,(H2,22,23,24,26). The molecule has 0 fully saturated rings. The minimum Gasteiger partial charge on any atom is -0.307 e. The Morgan fingerprint density at radius 2 is 1.62 bits per heavy atom. The maximum Gasteiger partial charge on any atom is 0.324 e. The van der Waals surface area contributed by atoms with Crippen LogP contribution in [0, 0.1) is 0 Å². The molecule has 2 amide bonds. The molecule has 0 saturated heterocycles. The van der Waals surface area contributed by atoms with Crippen LogP contribution in [0.5, 0.6) is 0 Å². The van der Waals surface area contributed by atoms with Crippen LogP contribution in [0.1, 0.15) is 5.56 Å². The van der Waals surface area contributed by atoms with E-state index in [0.29, 0.717) is 12.4 Å². The number of hydrogen-bond donors (Lipinski definition) is 2. The highest BCUT2D eigenvalue weighted by Gasteiger charge is 2.07. The number of carbonyl (C=O) groups excluding carboxylic acids is 1. The smallest absolute Gasteiger partial charge is 0.307 e. The Kier molecular flexibility index (Phi) is 4.35. The van der Waals surface area contributed by atoms with Gasteiger partial charge in [0, 0.05) is 17.6 Å². The third-order valence-corrected chi connectivity index (χ3v) is 4.11. The number of anilines is 2. The van der Waals surface area contributed by atoms with Crippen molar-refractivity contribution in [1.82, 2.24) is 9.78 Å². The summed E-state index contributed by atoms with van der Waals surface area (Å²) < 4.78 is 1.79. The average Bonchev–Trinajstić information content (AvgIpc) is 3.09. The molecule has 4 aromatic rings. The second-order valence-electron chi connectivity index (χ2n) is 5.99. The number of carbonyl (C=O) groups is 1. The number of rotatable bonds is 4. The third kappa shape index (κ3) is 3.57. The molecule has 0 aliphatic carbocycles. The van der Waals surface area contributed by atoms with E-state index < -0.39 is 0 Å². The van der Waals surface area contributed by atoms with Gasteiger partial charge in [-0.2, -0.15) is 5.10 Å². The summed E-state index contributed by atoms with van der Waals surface area (Å²) in [5.41, 5.74) is 1.92. The van der Waals surface area contributed by atoms with E-state index >= 15 is 0 Å². The molecule has 0 unspecified atom stereocenters. The minimum absolute atomic E-state index is 0.314. The molecule has 0 atom stereocenters. The van der Waals surface area contributed by atoms with E-state index in [2.05, 4.69) is 15.7 Å². The van der Waals surface area contributed by atoms with Crippen molar-refractivity contribution in [3.63, 3.8) is 0 Å². The topological polar surface area (TPSA) is 59.0 Å². The highest BCUT2D eigenvalue weighted by atomic mass is 16.2. The van der Waals surface area contributed by atoms with Crippen LogP contribution in [0.2, 0.25) is 0 Å². The van der Waals surface area contributed by atoms with Gasteiger partial charge in [-0.15, -0.1) is 0 Å². The first-order chi connectivity index (χ1) is 12.8. The lowest BCUT2D eigenvalue weighted by Gasteiger charge is -2.09. The van der Waals surface area contributed by atoms with Crippen LogP contribution in [0.4, 0.5) is 16.3 Å². The van der Waals surface area contributed by atoms with Gasteiger partial charge in [0.05, 0.1) is 12.2 Å². The van der Waals surface area contributed by atoms with Gasteiger partial charge in [-0.25, -0.2) is 4.79 Å². The fourth-order valence-electron chi connectivity index (χ4n) is 2.89. The van der Waals surface area contributed by atoms with Crippen molar-refractivity contribution in [3.8, 4) is 0 Å². The zero-order chi connectivity index (χ0) is 17.8. The molecule has 0 radical (unpaired) electrons. The lowest BCUT2D eigenvalue weighted by molar-refractivity contribution is 0.262. The number of nitrogens with zero attached hydrogens (tertiary/aromatic N) is 2. The van der Waals surface area contributed by atoms with Gasteiger partial charge >= 0.3 is 6.03 Å². The normalized spacial score (nSPS) is 10.6. The lowest BCUT2D eigenvalue weighted by atomic mass is 10.1. The molecule has 5 heteroatoms. The number of fused-ring (bicyclic) bond motifs is 1. The van der Waals surface area contributed by atoms with Gasteiger partial charge in [-0.05, 0) is 17.0 Å². The fourth-order valence-corrected chi connectivity index (χ4v) is 2.89. The van der Waals surface area contributed by atoms with E-state index in [0.717, 1.165) is 22.0 Å². The lowest BCUT2D eigenvalue weighted by Crippen LogP contribution is -2.20. The van der Waals surface area contributed by atoms with Crippen LogP contribution in [-0.4, -0.2) is 15.8 Å². The van der Waals surface area contributed by atoms with Crippen molar-refractivity contribution >= 4 is 28.3 Å². The molecule has 1 heterocycles. The summed E-state index contributed by atoms with van der Waals surface area (Å²) in [4.78, 5) is 12.3. The molecule has 128 valence electrons. The molecular weight excluding hydrogens is 324 g/mol. The Bertz CT molecular complexity index is 1030. The summed E-state index contributed by atoms with van der Waals surface area (Å²) in [7, 11) is 0. The molecule has 5 nitrogen and oxygen atoms in total. The van der Waals surface area contributed by atoms with Gasteiger partial charge < -0.3 is 5.32 Å². The molecule has 3 aromatic carbocycles. The van der Waals surface area contributed by atoms with Crippen LogP contribution in [0.25, 0.3) is 10.8 Å². The molecule has 1 aromatic heterocycles. The van der Waals surface area contributed by atoms with Crippen LogP contribution < -0.4 is 10.6 Å². The van der Waals surface area contributed by atoms with Crippen LogP contribution >= 0.6 is 0 Å². The van der Waals surface area contributed by atoms with E-state index in [1.54, 1.807) is 10.7 Å². The predicted molar refractivity (Wildman–Crippen MR) is 104 cm³/mol. The van der Waals surface area contributed by atoms with E-state index in [-0.39, 0.29) is 6.03 Å². The quantitative estimate of drug-likeness (QED) is 0.563. The average molecular weight is 342 g/mol. The van der Waals surface area contributed by atoms with Crippen LogP contribution in [0.15, 0.2) is 85.1 Å². The van der Waals surface area contributed by atoms with Crippen molar-refractivity contribution in [2.24, 2.45) is 0 Å². The predicted octanol–water partition coefficient (Wildman–Crippen LogP) is 4.73. The zero-order valence-electron chi connectivity index (χ0n) is 14.1. The van der Waals surface area contributed by atoms with E-state index in [4.69, 9.17) is 0 Å². The van der Waals surface area contributed by atoms with Crippen LogP contribution in [0.3, 0.4) is 0 Å². The number of aromatic nitrogens is 2. The molecule has 0 spiro atoms. The molecular formula is C21H18N4O. The summed E-state index contributed by atoms with van der Waals surface area (Å²) in [6.45, 7) is 0.660. The monoisotopic (exact) mass is 342 g/mol. The van der Waals surface area contributed by atoms with Gasteiger partial charge in [-0.1, -0.05) is 66.7 Å². The first-order valence-corrected chi connectivity index (χ1v) is 8.41. The van der Waals surface area contributed by atoms with Crippen molar-refractivity contribution in [2.75, 3.05) is 10.6 Å². The molecule has 0 bridgehead atoms. The van der Waals surface area contributed by atoms with Crippen LogP contribution in [-0.2, 0) is 6.54 Å². The third-order valence-electron chi connectivity index (χ3n) is 4.11. The Morgan fingerprint density at radius 3 is 2.50 bits per heavy atom. The van der Waals surface area contributed by atoms with Crippen molar-refractivity contribution in [2.45, 2.75) is 6.54 Å². The SMILES string of the molecule is O=C(Nc1ccn(Cc2ccccc2)n1)Nc1cccc2ccccc12.